The molecule has 6 heteroatoms. The van der Waals surface area contributed by atoms with E-state index < -0.39 is 11.7 Å². The van der Waals surface area contributed by atoms with Crippen LogP contribution in [-0.2, 0) is 6.18 Å². The smallest absolute Gasteiger partial charge is 0.398 e. The molecule has 110 valence electrons. The fourth-order valence-corrected chi connectivity index (χ4v) is 2.43. The average Bonchev–Trinajstić information content (AvgIpc) is 2.39. The predicted octanol–water partition coefficient (Wildman–Crippen LogP) is 2.86. The van der Waals surface area contributed by atoms with Crippen LogP contribution in [0.5, 0.6) is 0 Å². The molecule has 0 spiro atoms. The summed E-state index contributed by atoms with van der Waals surface area (Å²) in [5.74, 6) is -0.0850. The van der Waals surface area contributed by atoms with Crippen molar-refractivity contribution in [2.75, 3.05) is 18.8 Å². The SMILES string of the molecule is Nc1ccc(C(F)(F)F)cc1C(=O)CC1CCNCC1. The van der Waals surface area contributed by atoms with Crippen LogP contribution in [0.2, 0.25) is 0 Å². The monoisotopic (exact) mass is 286 g/mol. The van der Waals surface area contributed by atoms with Gasteiger partial charge in [0, 0.05) is 17.7 Å². The molecule has 0 aliphatic carbocycles. The molecule has 1 aliphatic heterocycles. The highest BCUT2D eigenvalue weighted by Crippen LogP contribution is 2.32. The van der Waals surface area contributed by atoms with Gasteiger partial charge in [0.05, 0.1) is 5.56 Å². The number of nitrogens with two attached hydrogens (primary N) is 1. The third kappa shape index (κ3) is 3.50. The molecule has 0 aromatic heterocycles. The number of benzene rings is 1. The largest absolute Gasteiger partial charge is 0.416 e. The molecule has 1 aliphatic rings. The number of halogens is 3. The molecule has 3 N–H and O–H groups in total. The van der Waals surface area contributed by atoms with E-state index in [9.17, 15) is 18.0 Å². The Morgan fingerprint density at radius 1 is 1.30 bits per heavy atom. The molecule has 1 aromatic carbocycles. The summed E-state index contributed by atoms with van der Waals surface area (Å²) in [4.78, 5) is 12.1. The number of nitrogens with one attached hydrogen (secondary N) is 1. The Morgan fingerprint density at radius 3 is 2.55 bits per heavy atom. The van der Waals surface area contributed by atoms with Crippen LogP contribution in [0.4, 0.5) is 18.9 Å². The summed E-state index contributed by atoms with van der Waals surface area (Å²) in [6, 6.07) is 2.91. The van der Waals surface area contributed by atoms with Crippen molar-refractivity contribution in [2.24, 2.45) is 5.92 Å². The maximum atomic E-state index is 12.7. The van der Waals surface area contributed by atoms with Crippen LogP contribution >= 0.6 is 0 Å². The maximum Gasteiger partial charge on any atom is 0.416 e. The lowest BCUT2D eigenvalue weighted by atomic mass is 9.90. The Bertz CT molecular complexity index is 494. The van der Waals surface area contributed by atoms with Crippen molar-refractivity contribution in [1.82, 2.24) is 5.32 Å². The van der Waals surface area contributed by atoms with Gasteiger partial charge in [-0.15, -0.1) is 0 Å². The standard InChI is InChI=1S/C14H17F3N2O/c15-14(16,17)10-1-2-12(18)11(8-10)13(20)7-9-3-5-19-6-4-9/h1-2,8-9,19H,3-7,18H2. The van der Waals surface area contributed by atoms with Gasteiger partial charge < -0.3 is 11.1 Å². The number of nitrogen functional groups attached to an aromatic ring is 1. The minimum Gasteiger partial charge on any atom is -0.398 e. The van der Waals surface area contributed by atoms with Crippen molar-refractivity contribution < 1.29 is 18.0 Å². The molecular formula is C14H17F3N2O. The number of ketones is 1. The normalized spacial score (nSPS) is 17.1. The van der Waals surface area contributed by atoms with Crippen LogP contribution in [0.25, 0.3) is 0 Å². The first kappa shape index (κ1) is 14.8. The van der Waals surface area contributed by atoms with Crippen molar-refractivity contribution in [1.29, 1.82) is 0 Å². The van der Waals surface area contributed by atoms with Gasteiger partial charge in [0.2, 0.25) is 0 Å². The van der Waals surface area contributed by atoms with Gasteiger partial charge in [-0.3, -0.25) is 4.79 Å². The average molecular weight is 286 g/mol. The highest BCUT2D eigenvalue weighted by atomic mass is 19.4. The van der Waals surface area contributed by atoms with E-state index >= 15 is 0 Å². The number of alkyl halides is 3. The molecule has 0 bridgehead atoms. The molecule has 0 atom stereocenters. The van der Waals surface area contributed by atoms with Crippen LogP contribution in [0.3, 0.4) is 0 Å². The minimum atomic E-state index is -4.46. The molecule has 0 saturated carbocycles. The Balaban J connectivity index is 2.16. The topological polar surface area (TPSA) is 55.1 Å². The molecule has 1 saturated heterocycles. The molecule has 3 nitrogen and oxygen atoms in total. The fraction of sp³-hybridized carbons (Fsp3) is 0.500. The second kappa shape index (κ2) is 5.83. The molecule has 0 unspecified atom stereocenters. The lowest BCUT2D eigenvalue weighted by molar-refractivity contribution is -0.137. The van der Waals surface area contributed by atoms with Crippen LogP contribution < -0.4 is 11.1 Å². The Hall–Kier alpha value is -1.56. The quantitative estimate of drug-likeness (QED) is 0.663. The number of anilines is 1. The zero-order valence-corrected chi connectivity index (χ0v) is 11.0. The number of piperidine rings is 1. The number of hydrogen-bond donors (Lipinski definition) is 2. The molecule has 1 heterocycles. The van der Waals surface area contributed by atoms with Gasteiger partial charge in [-0.25, -0.2) is 0 Å². The van der Waals surface area contributed by atoms with Crippen molar-refractivity contribution in [2.45, 2.75) is 25.4 Å². The summed E-state index contributed by atoms with van der Waals surface area (Å²) < 4.78 is 38.0. The van der Waals surface area contributed by atoms with E-state index in [1.165, 1.54) is 0 Å². The summed E-state index contributed by atoms with van der Waals surface area (Å²) in [5, 5.41) is 3.18. The molecule has 2 rings (SSSR count). The second-order valence-corrected chi connectivity index (χ2v) is 5.12. The van der Waals surface area contributed by atoms with Crippen molar-refractivity contribution in [3.63, 3.8) is 0 Å². The first-order valence-electron chi connectivity index (χ1n) is 6.58. The third-order valence-corrected chi connectivity index (χ3v) is 3.61. The minimum absolute atomic E-state index is 0.0154. The third-order valence-electron chi connectivity index (χ3n) is 3.61. The summed E-state index contributed by atoms with van der Waals surface area (Å²) in [5.41, 5.74) is 4.90. The van der Waals surface area contributed by atoms with Crippen molar-refractivity contribution in [3.05, 3.63) is 29.3 Å². The Labute approximate surface area is 115 Å². The summed E-state index contributed by atoms with van der Waals surface area (Å²) in [6.45, 7) is 1.69. The van der Waals surface area contributed by atoms with Gasteiger partial charge in [-0.05, 0) is 50.0 Å². The van der Waals surface area contributed by atoms with E-state index in [4.69, 9.17) is 5.73 Å². The first-order valence-corrected chi connectivity index (χ1v) is 6.58. The zero-order chi connectivity index (χ0) is 14.8. The van der Waals surface area contributed by atoms with Gasteiger partial charge >= 0.3 is 6.18 Å². The Kier molecular flexibility index (Phi) is 4.32. The van der Waals surface area contributed by atoms with E-state index in [0.717, 1.165) is 44.1 Å². The van der Waals surface area contributed by atoms with Crippen LogP contribution in [0.1, 0.15) is 35.2 Å². The summed E-state index contributed by atoms with van der Waals surface area (Å²) in [7, 11) is 0. The first-order chi connectivity index (χ1) is 9.38. The number of carbonyl (C=O) groups is 1. The van der Waals surface area contributed by atoms with Gasteiger partial charge in [-0.1, -0.05) is 0 Å². The number of carbonyl (C=O) groups excluding carboxylic acids is 1. The zero-order valence-electron chi connectivity index (χ0n) is 11.0. The highest BCUT2D eigenvalue weighted by Gasteiger charge is 2.31. The van der Waals surface area contributed by atoms with Crippen molar-refractivity contribution >= 4 is 11.5 Å². The fourth-order valence-electron chi connectivity index (χ4n) is 2.43. The van der Waals surface area contributed by atoms with Gasteiger partial charge in [0.25, 0.3) is 0 Å². The van der Waals surface area contributed by atoms with E-state index in [-0.39, 0.29) is 29.4 Å². The van der Waals surface area contributed by atoms with Gasteiger partial charge in [0.1, 0.15) is 0 Å². The second-order valence-electron chi connectivity index (χ2n) is 5.12. The Morgan fingerprint density at radius 2 is 1.95 bits per heavy atom. The summed E-state index contributed by atoms with van der Waals surface area (Å²) in [6.07, 6.45) is -2.47. The van der Waals surface area contributed by atoms with Gasteiger partial charge in [0.15, 0.2) is 5.78 Å². The number of rotatable bonds is 3. The molecular weight excluding hydrogens is 269 g/mol. The van der Waals surface area contributed by atoms with E-state index in [0.29, 0.717) is 0 Å². The number of Topliss-reactive ketones (excluding diaryl/α,β-unsaturated/α-hetero) is 1. The molecule has 0 amide bonds. The lowest BCUT2D eigenvalue weighted by Gasteiger charge is -2.22. The van der Waals surface area contributed by atoms with Gasteiger partial charge in [-0.2, -0.15) is 13.2 Å². The van der Waals surface area contributed by atoms with Crippen LogP contribution in [0, 0.1) is 5.92 Å². The maximum absolute atomic E-state index is 12.7. The number of hydrogen-bond acceptors (Lipinski definition) is 3. The summed E-state index contributed by atoms with van der Waals surface area (Å²) >= 11 is 0. The molecule has 20 heavy (non-hydrogen) atoms. The molecule has 1 aromatic rings. The van der Waals surface area contributed by atoms with Crippen LogP contribution in [0.15, 0.2) is 18.2 Å². The van der Waals surface area contributed by atoms with Crippen molar-refractivity contribution in [3.8, 4) is 0 Å². The lowest BCUT2D eigenvalue weighted by Crippen LogP contribution is -2.29. The highest BCUT2D eigenvalue weighted by molar-refractivity contribution is 6.01. The van der Waals surface area contributed by atoms with E-state index in [2.05, 4.69) is 5.32 Å². The molecule has 0 radical (unpaired) electrons. The molecule has 1 fully saturated rings. The van der Waals surface area contributed by atoms with E-state index in [1.54, 1.807) is 0 Å². The van der Waals surface area contributed by atoms with Crippen LogP contribution in [-0.4, -0.2) is 18.9 Å². The predicted molar refractivity (Wildman–Crippen MR) is 70.4 cm³/mol. The van der Waals surface area contributed by atoms with E-state index in [1.807, 2.05) is 0 Å².